The van der Waals surface area contributed by atoms with Gasteiger partial charge in [0.2, 0.25) is 5.91 Å². The molecular weight excluding hydrogens is 1260 g/mol. The topological polar surface area (TPSA) is 307 Å². The van der Waals surface area contributed by atoms with Crippen molar-refractivity contribution in [2.24, 2.45) is 0 Å². The van der Waals surface area contributed by atoms with Gasteiger partial charge < -0.3 is 89.9 Å². The minimum atomic E-state index is -1.97. The highest BCUT2D eigenvalue weighted by Crippen LogP contribution is 2.33. The third-order valence-electron chi connectivity index (χ3n) is 21.1. The summed E-state index contributed by atoms with van der Waals surface area (Å²) in [6.07, 6.45) is 45.9. The molecule has 3 aliphatic heterocycles. The number of hydrogen-bond acceptors (Lipinski definition) is 18. The first-order chi connectivity index (χ1) is 48.3. The second kappa shape index (κ2) is 61.7. The molecule has 3 heterocycles. The molecule has 3 fully saturated rings. The smallest absolute Gasteiger partial charge is 0.220 e. The number of nitrogens with one attached hydrogen (secondary N) is 1. The average Bonchev–Trinajstić information content (AvgIpc) is 0.782. The maximum Gasteiger partial charge on any atom is 0.220 e. The number of carbonyl (C=O) groups excluding carboxylic acids is 1. The zero-order valence-corrected chi connectivity index (χ0v) is 62.8. The standard InChI is InChI=1S/C80H153NO18/c1-3-5-7-9-11-13-15-17-19-21-23-25-27-28-29-30-31-32-33-34-36-37-39-41-43-45-47-49-51-53-55-57-64(85)63(81-68(86)58-56-54-52-50-48-46-44-42-40-38-35-26-24-22-20-18-16-14-12-10-8-6-4-2)62-94-78-74(92)71(89)76(66(60-83)96-78)99-80-75(93)72(90)77(67(61-84)97-80)98-79-73(91)70(88)69(87)65(59-82)95-79/h22,24,63-67,69-80,82-85,87-93H,3-21,23,25-62H2,1-2H3,(H,81,86)/b24-22-. The number of hydrogen-bond donors (Lipinski definition) is 12. The van der Waals surface area contributed by atoms with Crippen molar-refractivity contribution in [3.05, 3.63) is 12.2 Å². The van der Waals surface area contributed by atoms with Crippen LogP contribution in [0.4, 0.5) is 0 Å². The third-order valence-corrected chi connectivity index (χ3v) is 21.1. The van der Waals surface area contributed by atoms with E-state index in [-0.39, 0.29) is 18.9 Å². The number of ether oxygens (including phenoxy) is 6. The van der Waals surface area contributed by atoms with E-state index in [4.69, 9.17) is 28.4 Å². The normalized spacial score (nSPS) is 26.6. The molecule has 0 saturated carbocycles. The zero-order valence-electron chi connectivity index (χ0n) is 62.8. The molecule has 0 aliphatic carbocycles. The molecule has 17 atom stereocenters. The molecule has 0 spiro atoms. The summed E-state index contributed by atoms with van der Waals surface area (Å²) in [6, 6.07) is -0.887. The predicted molar refractivity (Wildman–Crippen MR) is 393 cm³/mol. The van der Waals surface area contributed by atoms with Gasteiger partial charge in [-0.25, -0.2) is 0 Å². The Kier molecular flexibility index (Phi) is 57.1. The number of unbranched alkanes of at least 4 members (excludes halogenated alkanes) is 49. The van der Waals surface area contributed by atoms with Crippen LogP contribution in [0.3, 0.4) is 0 Å². The van der Waals surface area contributed by atoms with Gasteiger partial charge in [0.05, 0.1) is 38.6 Å². The van der Waals surface area contributed by atoms with E-state index in [0.29, 0.717) is 12.8 Å². The van der Waals surface area contributed by atoms with Crippen LogP contribution in [0.25, 0.3) is 0 Å². The Hall–Kier alpha value is -1.47. The second-order valence-corrected chi connectivity index (χ2v) is 29.9. The van der Waals surface area contributed by atoms with E-state index in [1.807, 2.05) is 0 Å². The molecule has 19 heteroatoms. The average molecular weight is 1420 g/mol. The minimum Gasteiger partial charge on any atom is -0.394 e. The lowest BCUT2D eigenvalue weighted by Gasteiger charge is -2.48. The largest absolute Gasteiger partial charge is 0.394 e. The summed E-state index contributed by atoms with van der Waals surface area (Å²) in [4.78, 5) is 13.5. The molecule has 0 aromatic heterocycles. The van der Waals surface area contributed by atoms with Gasteiger partial charge in [-0.2, -0.15) is 0 Å². The van der Waals surface area contributed by atoms with Crippen LogP contribution in [0, 0.1) is 0 Å². The van der Waals surface area contributed by atoms with E-state index in [0.717, 1.165) is 44.9 Å². The number of carbonyl (C=O) groups is 1. The van der Waals surface area contributed by atoms with Crippen molar-refractivity contribution in [2.75, 3.05) is 26.4 Å². The Morgan fingerprint density at radius 3 is 0.980 bits per heavy atom. The fraction of sp³-hybridized carbons (Fsp3) is 0.963. The number of rotatable bonds is 67. The van der Waals surface area contributed by atoms with Gasteiger partial charge in [0.15, 0.2) is 18.9 Å². The molecule has 19 nitrogen and oxygen atoms in total. The van der Waals surface area contributed by atoms with Crippen LogP contribution in [0.5, 0.6) is 0 Å². The lowest BCUT2D eigenvalue weighted by molar-refractivity contribution is -0.379. The second-order valence-electron chi connectivity index (χ2n) is 29.9. The van der Waals surface area contributed by atoms with Gasteiger partial charge >= 0.3 is 0 Å². The van der Waals surface area contributed by atoms with Crippen LogP contribution < -0.4 is 5.32 Å². The van der Waals surface area contributed by atoms with Crippen LogP contribution in [0.2, 0.25) is 0 Å². The highest BCUT2D eigenvalue weighted by Gasteiger charge is 2.54. The van der Waals surface area contributed by atoms with E-state index in [9.17, 15) is 61.0 Å². The fourth-order valence-corrected chi connectivity index (χ4v) is 14.4. The molecule has 0 radical (unpaired) electrons. The van der Waals surface area contributed by atoms with Crippen molar-refractivity contribution in [1.82, 2.24) is 5.32 Å². The van der Waals surface area contributed by atoms with Crippen molar-refractivity contribution in [2.45, 2.75) is 465 Å². The maximum absolute atomic E-state index is 13.5. The first-order valence-corrected chi connectivity index (χ1v) is 41.4. The molecule has 3 aliphatic rings. The Bertz CT molecular complexity index is 1840. The Morgan fingerprint density at radius 1 is 0.354 bits per heavy atom. The van der Waals surface area contributed by atoms with Gasteiger partial charge in [-0.1, -0.05) is 328 Å². The van der Waals surface area contributed by atoms with E-state index < -0.39 is 124 Å². The van der Waals surface area contributed by atoms with Gasteiger partial charge in [0, 0.05) is 6.42 Å². The lowest BCUT2D eigenvalue weighted by atomic mass is 9.96. The first-order valence-electron chi connectivity index (χ1n) is 41.4. The van der Waals surface area contributed by atoms with Crippen molar-refractivity contribution in [3.63, 3.8) is 0 Å². The molecule has 586 valence electrons. The van der Waals surface area contributed by atoms with E-state index in [1.54, 1.807) is 0 Å². The van der Waals surface area contributed by atoms with Gasteiger partial charge in [-0.05, 0) is 38.5 Å². The predicted octanol–water partition coefficient (Wildman–Crippen LogP) is 14.0. The van der Waals surface area contributed by atoms with Crippen molar-refractivity contribution < 1.29 is 89.4 Å². The fourth-order valence-electron chi connectivity index (χ4n) is 14.4. The van der Waals surface area contributed by atoms with Crippen LogP contribution >= 0.6 is 0 Å². The SMILES string of the molecule is CCCCCCCCCC/C=C\CCCCCCCCCCCCCC(=O)NC(COC1OC(CO)C(OC2OC(CO)C(OC3OC(CO)C(O)C(O)C3O)C(O)C2O)C(O)C1O)C(O)CCCCCCCCCCCCCCCCCCCCCCCCCCCCCCCCC. The van der Waals surface area contributed by atoms with Gasteiger partial charge in [-0.15, -0.1) is 0 Å². The molecule has 3 rings (SSSR count). The number of aliphatic hydroxyl groups is 11. The molecule has 17 unspecified atom stereocenters. The Morgan fingerprint density at radius 2 is 0.636 bits per heavy atom. The summed E-state index contributed by atoms with van der Waals surface area (Å²) >= 11 is 0. The summed E-state index contributed by atoms with van der Waals surface area (Å²) in [5, 5.41) is 121. The van der Waals surface area contributed by atoms with E-state index in [1.165, 1.54) is 283 Å². The molecular formula is C80H153NO18. The Balaban J connectivity index is 1.35. The molecule has 0 bridgehead atoms. The maximum atomic E-state index is 13.5. The van der Waals surface area contributed by atoms with E-state index in [2.05, 4.69) is 31.3 Å². The molecule has 0 aromatic carbocycles. The number of amides is 1. The summed E-state index contributed by atoms with van der Waals surface area (Å²) in [6.45, 7) is 1.86. The van der Waals surface area contributed by atoms with Gasteiger partial charge in [-0.3, -0.25) is 4.79 Å². The number of aliphatic hydroxyl groups excluding tert-OH is 11. The highest BCUT2D eigenvalue weighted by molar-refractivity contribution is 5.76. The van der Waals surface area contributed by atoms with Crippen molar-refractivity contribution in [3.8, 4) is 0 Å². The third kappa shape index (κ3) is 41.9. The van der Waals surface area contributed by atoms with Crippen LogP contribution in [0.15, 0.2) is 12.2 Å². The molecule has 1 amide bonds. The highest BCUT2D eigenvalue weighted by atomic mass is 16.8. The van der Waals surface area contributed by atoms with E-state index >= 15 is 0 Å². The minimum absolute atomic E-state index is 0.236. The van der Waals surface area contributed by atoms with Crippen molar-refractivity contribution in [1.29, 1.82) is 0 Å². The molecule has 3 saturated heterocycles. The van der Waals surface area contributed by atoms with Crippen LogP contribution in [-0.2, 0) is 33.2 Å². The number of allylic oxidation sites excluding steroid dienone is 2. The van der Waals surface area contributed by atoms with Crippen LogP contribution in [0.1, 0.15) is 361 Å². The monoisotopic (exact) mass is 1420 g/mol. The quantitative estimate of drug-likeness (QED) is 0.0199. The summed E-state index contributed by atoms with van der Waals surface area (Å²) in [7, 11) is 0. The van der Waals surface area contributed by atoms with Crippen molar-refractivity contribution >= 4 is 5.91 Å². The molecule has 99 heavy (non-hydrogen) atoms. The van der Waals surface area contributed by atoms with Gasteiger partial charge in [0.1, 0.15) is 73.2 Å². The summed E-state index contributed by atoms with van der Waals surface area (Å²) < 4.78 is 34.5. The zero-order chi connectivity index (χ0) is 71.8. The summed E-state index contributed by atoms with van der Waals surface area (Å²) in [5.41, 5.74) is 0. The Labute approximate surface area is 601 Å². The molecule has 0 aromatic rings. The molecule has 12 N–H and O–H groups in total. The summed E-state index contributed by atoms with van der Waals surface area (Å²) in [5.74, 6) is -0.236. The van der Waals surface area contributed by atoms with Gasteiger partial charge in [0.25, 0.3) is 0 Å². The lowest BCUT2D eigenvalue weighted by Crippen LogP contribution is -2.66. The van der Waals surface area contributed by atoms with Crippen LogP contribution in [-0.4, -0.2) is 193 Å². The first kappa shape index (κ1) is 91.7.